The predicted molar refractivity (Wildman–Crippen MR) is 68.3 cm³/mol. The summed E-state index contributed by atoms with van der Waals surface area (Å²) in [4.78, 5) is 0. The SMILES string of the molecule is CCC(Nn1cccc1)c1ccc(Cl)cc1. The molecule has 1 unspecified atom stereocenters. The van der Waals surface area contributed by atoms with E-state index in [2.05, 4.69) is 24.5 Å². The Morgan fingerprint density at radius 3 is 2.38 bits per heavy atom. The monoisotopic (exact) mass is 234 g/mol. The lowest BCUT2D eigenvalue weighted by molar-refractivity contribution is 0.653. The Labute approximate surface area is 101 Å². The molecule has 2 aromatic rings. The van der Waals surface area contributed by atoms with Gasteiger partial charge in [-0.05, 0) is 36.2 Å². The first-order valence-electron chi connectivity index (χ1n) is 5.44. The van der Waals surface area contributed by atoms with Crippen LogP contribution >= 0.6 is 11.6 Å². The van der Waals surface area contributed by atoms with Gasteiger partial charge in [0.1, 0.15) is 0 Å². The molecule has 1 N–H and O–H groups in total. The predicted octanol–water partition coefficient (Wildman–Crippen LogP) is 3.84. The summed E-state index contributed by atoms with van der Waals surface area (Å²) in [6.45, 7) is 2.16. The van der Waals surface area contributed by atoms with Crippen molar-refractivity contribution < 1.29 is 0 Å². The quantitative estimate of drug-likeness (QED) is 0.851. The van der Waals surface area contributed by atoms with E-state index in [1.54, 1.807) is 0 Å². The van der Waals surface area contributed by atoms with Crippen LogP contribution in [-0.2, 0) is 0 Å². The second-order valence-electron chi connectivity index (χ2n) is 3.73. The number of hydrogen-bond donors (Lipinski definition) is 1. The average molecular weight is 235 g/mol. The molecule has 1 aromatic carbocycles. The molecular weight excluding hydrogens is 220 g/mol. The summed E-state index contributed by atoms with van der Waals surface area (Å²) < 4.78 is 1.97. The van der Waals surface area contributed by atoms with E-state index in [-0.39, 0.29) is 0 Å². The zero-order valence-electron chi connectivity index (χ0n) is 9.23. The standard InChI is InChI=1S/C13H15ClN2/c1-2-13(15-16-9-3-4-10-16)11-5-7-12(14)8-6-11/h3-10,13,15H,2H2,1H3. The van der Waals surface area contributed by atoms with E-state index in [4.69, 9.17) is 11.6 Å². The highest BCUT2D eigenvalue weighted by atomic mass is 35.5. The average Bonchev–Trinajstić information content (AvgIpc) is 2.80. The summed E-state index contributed by atoms with van der Waals surface area (Å²) in [5.41, 5.74) is 4.67. The van der Waals surface area contributed by atoms with Crippen LogP contribution in [0.1, 0.15) is 24.9 Å². The van der Waals surface area contributed by atoms with Gasteiger partial charge in [0.15, 0.2) is 0 Å². The van der Waals surface area contributed by atoms with Crippen molar-refractivity contribution in [2.75, 3.05) is 5.43 Å². The lowest BCUT2D eigenvalue weighted by Gasteiger charge is -2.19. The van der Waals surface area contributed by atoms with Crippen molar-refractivity contribution >= 4 is 11.6 Å². The topological polar surface area (TPSA) is 17.0 Å². The third-order valence-corrected chi connectivity index (χ3v) is 2.84. The van der Waals surface area contributed by atoms with Crippen molar-refractivity contribution in [2.45, 2.75) is 19.4 Å². The van der Waals surface area contributed by atoms with Crippen molar-refractivity contribution in [1.82, 2.24) is 4.68 Å². The summed E-state index contributed by atoms with van der Waals surface area (Å²) in [7, 11) is 0. The van der Waals surface area contributed by atoms with Crippen molar-refractivity contribution in [3.63, 3.8) is 0 Å². The van der Waals surface area contributed by atoms with Crippen LogP contribution in [0, 0.1) is 0 Å². The van der Waals surface area contributed by atoms with E-state index >= 15 is 0 Å². The van der Waals surface area contributed by atoms with Crippen molar-refractivity contribution in [1.29, 1.82) is 0 Å². The first-order chi connectivity index (χ1) is 7.79. The van der Waals surface area contributed by atoms with E-state index in [1.807, 2.05) is 41.3 Å². The van der Waals surface area contributed by atoms with Crippen molar-refractivity contribution in [2.24, 2.45) is 0 Å². The molecule has 0 aliphatic rings. The third kappa shape index (κ3) is 2.58. The Balaban J connectivity index is 2.13. The number of nitrogens with one attached hydrogen (secondary N) is 1. The van der Waals surface area contributed by atoms with Crippen LogP contribution in [0.25, 0.3) is 0 Å². The van der Waals surface area contributed by atoms with Gasteiger partial charge in [-0.2, -0.15) is 0 Å². The molecule has 16 heavy (non-hydrogen) atoms. The maximum atomic E-state index is 5.88. The number of hydrogen-bond acceptors (Lipinski definition) is 1. The van der Waals surface area contributed by atoms with Gasteiger partial charge in [0.25, 0.3) is 0 Å². The van der Waals surface area contributed by atoms with E-state index < -0.39 is 0 Å². The van der Waals surface area contributed by atoms with Gasteiger partial charge < -0.3 is 5.43 Å². The first-order valence-corrected chi connectivity index (χ1v) is 5.82. The van der Waals surface area contributed by atoms with Crippen molar-refractivity contribution in [3.8, 4) is 0 Å². The molecule has 1 heterocycles. The fourth-order valence-corrected chi connectivity index (χ4v) is 1.82. The zero-order chi connectivity index (χ0) is 11.4. The summed E-state index contributed by atoms with van der Waals surface area (Å²) >= 11 is 5.88. The Bertz CT molecular complexity index is 420. The van der Waals surface area contributed by atoms with Crippen LogP contribution in [-0.4, -0.2) is 4.68 Å². The summed E-state index contributed by atoms with van der Waals surface area (Å²) in [6.07, 6.45) is 5.02. The van der Waals surface area contributed by atoms with E-state index in [1.165, 1.54) is 5.56 Å². The van der Waals surface area contributed by atoms with Gasteiger partial charge >= 0.3 is 0 Å². The lowest BCUT2D eigenvalue weighted by Crippen LogP contribution is -2.18. The Kier molecular flexibility index (Phi) is 3.52. The maximum absolute atomic E-state index is 5.88. The molecular formula is C13H15ClN2. The number of halogens is 1. The van der Waals surface area contributed by atoms with E-state index in [0.29, 0.717) is 6.04 Å². The zero-order valence-corrected chi connectivity index (χ0v) is 9.98. The molecule has 1 aromatic heterocycles. The minimum Gasteiger partial charge on any atom is -0.319 e. The fraction of sp³-hybridized carbons (Fsp3) is 0.231. The van der Waals surface area contributed by atoms with Crippen LogP contribution < -0.4 is 5.43 Å². The van der Waals surface area contributed by atoms with Gasteiger partial charge in [0, 0.05) is 17.4 Å². The van der Waals surface area contributed by atoms with Crippen LogP contribution in [0.5, 0.6) is 0 Å². The van der Waals surface area contributed by atoms with Gasteiger partial charge in [-0.15, -0.1) is 0 Å². The molecule has 2 rings (SSSR count). The number of rotatable bonds is 4. The number of benzene rings is 1. The molecule has 0 saturated carbocycles. The van der Waals surface area contributed by atoms with Gasteiger partial charge in [0.05, 0.1) is 6.04 Å². The molecule has 0 fully saturated rings. The molecule has 0 bridgehead atoms. The van der Waals surface area contributed by atoms with Crippen LogP contribution in [0.15, 0.2) is 48.8 Å². The Morgan fingerprint density at radius 2 is 1.81 bits per heavy atom. The second-order valence-corrected chi connectivity index (χ2v) is 4.17. The van der Waals surface area contributed by atoms with E-state index in [0.717, 1.165) is 11.4 Å². The summed E-state index contributed by atoms with van der Waals surface area (Å²) in [5, 5.41) is 0.777. The highest BCUT2D eigenvalue weighted by molar-refractivity contribution is 6.30. The molecule has 0 spiro atoms. The Hall–Kier alpha value is -1.41. The van der Waals surface area contributed by atoms with Crippen LogP contribution in [0.2, 0.25) is 5.02 Å². The molecule has 0 amide bonds. The van der Waals surface area contributed by atoms with Gasteiger partial charge in [-0.3, -0.25) is 4.68 Å². The highest BCUT2D eigenvalue weighted by Crippen LogP contribution is 2.20. The number of nitrogens with zero attached hydrogens (tertiary/aromatic N) is 1. The van der Waals surface area contributed by atoms with Gasteiger partial charge in [-0.1, -0.05) is 30.7 Å². The largest absolute Gasteiger partial charge is 0.319 e. The molecule has 1 atom stereocenters. The summed E-state index contributed by atoms with van der Waals surface area (Å²) in [6, 6.07) is 12.3. The lowest BCUT2D eigenvalue weighted by atomic mass is 10.1. The van der Waals surface area contributed by atoms with Crippen molar-refractivity contribution in [3.05, 3.63) is 59.4 Å². The minimum atomic E-state index is 0.310. The van der Waals surface area contributed by atoms with E-state index in [9.17, 15) is 0 Å². The molecule has 84 valence electrons. The fourth-order valence-electron chi connectivity index (χ4n) is 1.70. The third-order valence-electron chi connectivity index (χ3n) is 2.59. The molecule has 3 heteroatoms. The summed E-state index contributed by atoms with van der Waals surface area (Å²) in [5.74, 6) is 0. The molecule has 2 nitrogen and oxygen atoms in total. The Morgan fingerprint density at radius 1 is 1.19 bits per heavy atom. The van der Waals surface area contributed by atoms with Crippen LogP contribution in [0.4, 0.5) is 0 Å². The van der Waals surface area contributed by atoms with Gasteiger partial charge in [0.2, 0.25) is 0 Å². The highest BCUT2D eigenvalue weighted by Gasteiger charge is 2.07. The van der Waals surface area contributed by atoms with Gasteiger partial charge in [-0.25, -0.2) is 0 Å². The minimum absolute atomic E-state index is 0.310. The molecule has 0 radical (unpaired) electrons. The first kappa shape index (κ1) is 11.1. The second kappa shape index (κ2) is 5.08. The smallest absolute Gasteiger partial charge is 0.0671 e. The molecule has 0 aliphatic heterocycles. The maximum Gasteiger partial charge on any atom is 0.0671 e. The molecule has 0 saturated heterocycles. The molecule has 0 aliphatic carbocycles. The normalized spacial score (nSPS) is 12.4. The van der Waals surface area contributed by atoms with Crippen LogP contribution in [0.3, 0.4) is 0 Å². The number of aromatic nitrogens is 1.